The van der Waals surface area contributed by atoms with E-state index in [-0.39, 0.29) is 41.3 Å². The Hall–Kier alpha value is -4.86. The zero-order valence-electron chi connectivity index (χ0n) is 22.3. The molecule has 216 valence electrons. The first kappa shape index (κ1) is 30.7. The summed E-state index contributed by atoms with van der Waals surface area (Å²) in [6.07, 6.45) is 2.26. The van der Waals surface area contributed by atoms with Gasteiger partial charge in [-0.05, 0) is 44.5 Å². The number of aliphatic hydroxyl groups excluding tert-OH is 1. The van der Waals surface area contributed by atoms with E-state index in [4.69, 9.17) is 15.6 Å². The summed E-state index contributed by atoms with van der Waals surface area (Å²) in [5.74, 6) is -3.95. The molecule has 41 heavy (non-hydrogen) atoms. The Bertz CT molecular complexity index is 1560. The molecule has 1 unspecified atom stereocenters. The number of hydrogen-bond donors (Lipinski definition) is 2. The van der Waals surface area contributed by atoms with Crippen LogP contribution in [0, 0.1) is 42.2 Å². The predicted molar refractivity (Wildman–Crippen MR) is 142 cm³/mol. The molecule has 0 radical (unpaired) electrons. The van der Waals surface area contributed by atoms with Crippen molar-refractivity contribution in [3.05, 3.63) is 77.2 Å². The molecule has 1 aliphatic rings. The number of hydrogen-bond acceptors (Lipinski definition) is 5. The minimum atomic E-state index is -1.55. The maximum absolute atomic E-state index is 15.4. The van der Waals surface area contributed by atoms with E-state index in [0.29, 0.717) is 49.8 Å². The van der Waals surface area contributed by atoms with Gasteiger partial charge in [0, 0.05) is 42.5 Å². The van der Waals surface area contributed by atoms with Crippen molar-refractivity contribution in [3.63, 3.8) is 0 Å². The lowest BCUT2D eigenvalue weighted by Gasteiger charge is -2.15. The highest BCUT2D eigenvalue weighted by molar-refractivity contribution is 6.04. The van der Waals surface area contributed by atoms with Crippen molar-refractivity contribution in [1.29, 1.82) is 0 Å². The fourth-order valence-corrected chi connectivity index (χ4v) is 4.32. The fraction of sp³-hybridized carbons (Fsp3) is 0.250. The number of halogens is 5. The lowest BCUT2D eigenvalue weighted by Crippen LogP contribution is -2.27. The standard InChI is InChI=1S/C27H23F4N5O3.CH3F/c1-3-10-33-27(32)23-15(2)36(16-8-11-35(14-16)22(38)9-12-37)34-25(23)18-5-4-17(13-21(18)30)39-26-20(29)7-6-19(28)24(26)31;1-2/h4-7,9,12-13,16,37H,8,11,14H2,1-2H3,(H2,32,33);1H3/b12-9-;. The molecule has 2 aromatic carbocycles. The predicted octanol–water partition coefficient (Wildman–Crippen LogP) is 5.32. The number of aliphatic hydroxyl groups is 1. The van der Waals surface area contributed by atoms with Crippen LogP contribution in [0.15, 0.2) is 47.7 Å². The largest absolute Gasteiger partial charge is 0.515 e. The first-order valence-electron chi connectivity index (χ1n) is 12.1. The summed E-state index contributed by atoms with van der Waals surface area (Å²) in [4.78, 5) is 17.7. The van der Waals surface area contributed by atoms with Crippen LogP contribution >= 0.6 is 0 Å². The number of amides is 1. The Morgan fingerprint density at radius 1 is 1.17 bits per heavy atom. The zero-order valence-corrected chi connectivity index (χ0v) is 22.3. The van der Waals surface area contributed by atoms with E-state index >= 15 is 4.39 Å². The minimum Gasteiger partial charge on any atom is -0.515 e. The first-order chi connectivity index (χ1) is 19.7. The van der Waals surface area contributed by atoms with Crippen molar-refractivity contribution in [2.24, 2.45) is 10.7 Å². The number of likely N-dealkylation sites (tertiary alicyclic amines) is 1. The molecule has 3 aromatic rings. The number of aromatic nitrogens is 2. The third-order valence-electron chi connectivity index (χ3n) is 6.15. The van der Waals surface area contributed by atoms with Crippen molar-refractivity contribution in [1.82, 2.24) is 14.7 Å². The van der Waals surface area contributed by atoms with Crippen LogP contribution in [0.1, 0.15) is 30.6 Å². The number of nitrogens with zero attached hydrogens (tertiary/aromatic N) is 4. The van der Waals surface area contributed by atoms with E-state index in [0.717, 1.165) is 12.1 Å². The molecule has 2 heterocycles. The van der Waals surface area contributed by atoms with E-state index in [1.807, 2.05) is 0 Å². The fourth-order valence-electron chi connectivity index (χ4n) is 4.32. The lowest BCUT2D eigenvalue weighted by molar-refractivity contribution is -0.125. The highest BCUT2D eigenvalue weighted by Gasteiger charge is 2.31. The summed E-state index contributed by atoms with van der Waals surface area (Å²) in [6.45, 7) is 3.99. The molecular formula is C28H26F5N5O3. The van der Waals surface area contributed by atoms with Crippen molar-refractivity contribution < 1.29 is 36.6 Å². The van der Waals surface area contributed by atoms with Gasteiger partial charge in [-0.25, -0.2) is 13.2 Å². The van der Waals surface area contributed by atoms with Gasteiger partial charge in [0.25, 0.3) is 0 Å². The Balaban J connectivity index is 0.00000226. The summed E-state index contributed by atoms with van der Waals surface area (Å²) >= 11 is 0. The molecule has 8 nitrogen and oxygen atoms in total. The molecule has 1 aliphatic heterocycles. The summed E-state index contributed by atoms with van der Waals surface area (Å²) in [5, 5.41) is 13.5. The van der Waals surface area contributed by atoms with Gasteiger partial charge in [-0.3, -0.25) is 13.9 Å². The van der Waals surface area contributed by atoms with Gasteiger partial charge in [-0.2, -0.15) is 14.5 Å². The smallest absolute Gasteiger partial charge is 0.249 e. The topological polar surface area (TPSA) is 106 Å². The second-order valence-corrected chi connectivity index (χ2v) is 8.57. The van der Waals surface area contributed by atoms with Crippen molar-refractivity contribution in [2.45, 2.75) is 26.3 Å². The van der Waals surface area contributed by atoms with Crippen LogP contribution in [0.25, 0.3) is 11.3 Å². The minimum absolute atomic E-state index is 0.0131. The number of ether oxygens (including phenoxy) is 1. The Labute approximate surface area is 232 Å². The molecule has 1 saturated heterocycles. The van der Waals surface area contributed by atoms with Gasteiger partial charge in [-0.15, -0.1) is 0 Å². The van der Waals surface area contributed by atoms with Crippen molar-refractivity contribution >= 4 is 11.7 Å². The van der Waals surface area contributed by atoms with E-state index < -0.39 is 29.0 Å². The zero-order chi connectivity index (χ0) is 30.3. The molecule has 3 N–H and O–H groups in total. The summed E-state index contributed by atoms with van der Waals surface area (Å²) < 4.78 is 73.2. The molecule has 0 spiro atoms. The average Bonchev–Trinajstić information content (AvgIpc) is 3.58. The van der Waals surface area contributed by atoms with Gasteiger partial charge < -0.3 is 20.5 Å². The van der Waals surface area contributed by atoms with Crippen LogP contribution in [0.2, 0.25) is 0 Å². The molecule has 0 aliphatic carbocycles. The quantitative estimate of drug-likeness (QED) is 0.0787. The third-order valence-corrected chi connectivity index (χ3v) is 6.15. The monoisotopic (exact) mass is 575 g/mol. The Morgan fingerprint density at radius 2 is 1.88 bits per heavy atom. The maximum Gasteiger partial charge on any atom is 0.249 e. The van der Waals surface area contributed by atoms with Crippen LogP contribution in [-0.2, 0) is 4.79 Å². The first-order valence-corrected chi connectivity index (χ1v) is 12.1. The number of carbonyl (C=O) groups excluding carboxylic acids is 1. The molecule has 4 rings (SSSR count). The van der Waals surface area contributed by atoms with Crippen LogP contribution in [0.4, 0.5) is 22.0 Å². The average molecular weight is 576 g/mol. The molecule has 1 fully saturated rings. The van der Waals surface area contributed by atoms with Gasteiger partial charge in [0.2, 0.25) is 17.5 Å². The molecule has 0 saturated carbocycles. The van der Waals surface area contributed by atoms with Crippen LogP contribution in [0.5, 0.6) is 11.5 Å². The number of benzene rings is 2. The molecule has 1 atom stereocenters. The van der Waals surface area contributed by atoms with Gasteiger partial charge in [-0.1, -0.05) is 5.92 Å². The van der Waals surface area contributed by atoms with Gasteiger partial charge in [0.1, 0.15) is 23.1 Å². The molecular weight excluding hydrogens is 549 g/mol. The third kappa shape index (κ3) is 6.49. The van der Waals surface area contributed by atoms with Crippen molar-refractivity contribution in [3.8, 4) is 34.7 Å². The molecule has 0 bridgehead atoms. The van der Waals surface area contributed by atoms with Gasteiger partial charge >= 0.3 is 0 Å². The molecule has 13 heteroatoms. The number of rotatable bonds is 6. The molecule has 1 aromatic heterocycles. The summed E-state index contributed by atoms with van der Waals surface area (Å²) in [6, 6.07) is 6.95. The number of carbonyl (C=O) groups is 1. The number of aliphatic imine (C=N–C) groups is 1. The maximum atomic E-state index is 15.4. The number of alkyl halides is 1. The van der Waals surface area contributed by atoms with Gasteiger partial charge in [0.05, 0.1) is 25.0 Å². The van der Waals surface area contributed by atoms with E-state index in [1.54, 1.807) is 18.5 Å². The lowest BCUT2D eigenvalue weighted by atomic mass is 10.0. The van der Waals surface area contributed by atoms with Crippen LogP contribution < -0.4 is 10.5 Å². The Morgan fingerprint density at radius 3 is 2.54 bits per heavy atom. The summed E-state index contributed by atoms with van der Waals surface area (Å²) in [5.41, 5.74) is 7.17. The normalized spacial score (nSPS) is 14.9. The van der Waals surface area contributed by atoms with Crippen LogP contribution in [-0.4, -0.2) is 51.8 Å². The highest BCUT2D eigenvalue weighted by Crippen LogP contribution is 2.35. The highest BCUT2D eigenvalue weighted by atomic mass is 19.2. The van der Waals surface area contributed by atoms with Crippen molar-refractivity contribution in [2.75, 3.05) is 20.3 Å². The van der Waals surface area contributed by atoms with E-state index in [2.05, 4.69) is 22.1 Å². The second-order valence-electron chi connectivity index (χ2n) is 8.57. The SMILES string of the molecule is CC#CN=C(N)c1c(-c2ccc(Oc3c(F)ccc(F)c3F)cc2F)nn(C2CCN(C(=O)/C=C\O)C2)c1C.CF. The Kier molecular flexibility index (Phi) is 10.1. The van der Waals surface area contributed by atoms with Gasteiger partial charge in [0.15, 0.2) is 11.6 Å². The van der Waals surface area contributed by atoms with E-state index in [9.17, 15) is 22.4 Å². The molecule has 1 amide bonds. The number of amidine groups is 1. The number of nitrogens with two attached hydrogens (primary N) is 1. The van der Waals surface area contributed by atoms with E-state index in [1.165, 1.54) is 17.0 Å². The second kappa shape index (κ2) is 13.5. The summed E-state index contributed by atoms with van der Waals surface area (Å²) in [7, 11) is 0.500. The van der Waals surface area contributed by atoms with Crippen LogP contribution in [0.3, 0.4) is 0 Å².